The summed E-state index contributed by atoms with van der Waals surface area (Å²) in [5, 5.41) is 5.20. The van der Waals surface area contributed by atoms with Crippen molar-refractivity contribution in [3.8, 4) is 0 Å². The standard InChI is InChI=1S/C18H25Cl2N/c1-2-10-21-16(17-13-7-3-4-8-14(13)17)11-12-6-5-9-15(19)18(12)20/h5-6,9,13-14,16-17,21H,2-4,7-8,10-11H2,1H3. The van der Waals surface area contributed by atoms with E-state index in [1.165, 1.54) is 37.7 Å². The summed E-state index contributed by atoms with van der Waals surface area (Å²) >= 11 is 12.6. The van der Waals surface area contributed by atoms with Gasteiger partial charge in [-0.25, -0.2) is 0 Å². The molecular weight excluding hydrogens is 301 g/mol. The number of rotatable bonds is 6. The lowest BCUT2D eigenvalue weighted by Crippen LogP contribution is -2.35. The second kappa shape index (κ2) is 6.89. The maximum absolute atomic E-state index is 6.39. The summed E-state index contributed by atoms with van der Waals surface area (Å²) in [6.45, 7) is 3.33. The van der Waals surface area contributed by atoms with E-state index in [1.54, 1.807) is 0 Å². The predicted octanol–water partition coefficient (Wildman–Crippen LogP) is 5.34. The third kappa shape index (κ3) is 3.41. The Balaban J connectivity index is 1.72. The first-order valence-electron chi connectivity index (χ1n) is 8.38. The Morgan fingerprint density at radius 1 is 1.19 bits per heavy atom. The molecular formula is C18H25Cl2N. The van der Waals surface area contributed by atoms with Gasteiger partial charge in [0.1, 0.15) is 0 Å². The monoisotopic (exact) mass is 325 g/mol. The molecule has 2 aliphatic rings. The van der Waals surface area contributed by atoms with Gasteiger partial charge in [0, 0.05) is 6.04 Å². The molecule has 1 N–H and O–H groups in total. The Bertz CT molecular complexity index is 476. The van der Waals surface area contributed by atoms with Gasteiger partial charge in [-0.15, -0.1) is 0 Å². The second-order valence-corrected chi connectivity index (χ2v) is 7.45. The van der Waals surface area contributed by atoms with Crippen LogP contribution in [0.25, 0.3) is 0 Å². The minimum atomic E-state index is 0.564. The van der Waals surface area contributed by atoms with E-state index in [4.69, 9.17) is 23.2 Å². The van der Waals surface area contributed by atoms with E-state index in [-0.39, 0.29) is 0 Å². The smallest absolute Gasteiger partial charge is 0.0624 e. The van der Waals surface area contributed by atoms with Crippen LogP contribution in [0.4, 0.5) is 0 Å². The highest BCUT2D eigenvalue weighted by Crippen LogP contribution is 2.57. The highest BCUT2D eigenvalue weighted by molar-refractivity contribution is 6.42. The summed E-state index contributed by atoms with van der Waals surface area (Å²) < 4.78 is 0. The summed E-state index contributed by atoms with van der Waals surface area (Å²) in [6.07, 6.45) is 7.91. The number of fused-ring (bicyclic) bond motifs is 1. The molecule has 1 aromatic rings. The van der Waals surface area contributed by atoms with Gasteiger partial charge < -0.3 is 5.32 Å². The molecule has 2 saturated carbocycles. The number of halogens is 2. The average Bonchev–Trinajstić information content (AvgIpc) is 3.22. The van der Waals surface area contributed by atoms with Gasteiger partial charge in [0.15, 0.2) is 0 Å². The molecule has 3 atom stereocenters. The summed E-state index contributed by atoms with van der Waals surface area (Å²) in [7, 11) is 0. The molecule has 0 aromatic heterocycles. The Morgan fingerprint density at radius 3 is 2.57 bits per heavy atom. The minimum absolute atomic E-state index is 0.564. The third-order valence-corrected chi connectivity index (χ3v) is 6.17. The van der Waals surface area contributed by atoms with Crippen LogP contribution in [0.15, 0.2) is 18.2 Å². The van der Waals surface area contributed by atoms with Crippen molar-refractivity contribution in [2.24, 2.45) is 17.8 Å². The molecule has 0 amide bonds. The molecule has 0 heterocycles. The molecule has 3 heteroatoms. The van der Waals surface area contributed by atoms with Gasteiger partial charge in [0.25, 0.3) is 0 Å². The lowest BCUT2D eigenvalue weighted by atomic mass is 9.99. The van der Waals surface area contributed by atoms with E-state index in [0.717, 1.165) is 35.7 Å². The molecule has 0 aliphatic heterocycles. The summed E-state index contributed by atoms with van der Waals surface area (Å²) in [5.41, 5.74) is 1.20. The van der Waals surface area contributed by atoms with Gasteiger partial charge in [0.05, 0.1) is 10.0 Å². The maximum atomic E-state index is 6.39. The van der Waals surface area contributed by atoms with Crippen molar-refractivity contribution in [1.82, 2.24) is 5.32 Å². The SMILES string of the molecule is CCCNC(Cc1cccc(Cl)c1Cl)C1C2CCCCC21. The number of hydrogen-bond donors (Lipinski definition) is 1. The Labute approximate surface area is 138 Å². The van der Waals surface area contributed by atoms with Gasteiger partial charge in [-0.1, -0.05) is 55.1 Å². The molecule has 0 radical (unpaired) electrons. The van der Waals surface area contributed by atoms with E-state index in [9.17, 15) is 0 Å². The first-order chi connectivity index (χ1) is 10.2. The topological polar surface area (TPSA) is 12.0 Å². The molecule has 0 saturated heterocycles. The van der Waals surface area contributed by atoms with Crippen molar-refractivity contribution >= 4 is 23.2 Å². The molecule has 21 heavy (non-hydrogen) atoms. The highest BCUT2D eigenvalue weighted by atomic mass is 35.5. The highest BCUT2D eigenvalue weighted by Gasteiger charge is 2.53. The van der Waals surface area contributed by atoms with Crippen LogP contribution in [0.3, 0.4) is 0 Å². The lowest BCUT2D eigenvalue weighted by Gasteiger charge is -2.20. The van der Waals surface area contributed by atoms with Gasteiger partial charge in [-0.3, -0.25) is 0 Å². The molecule has 116 valence electrons. The van der Waals surface area contributed by atoms with Crippen LogP contribution < -0.4 is 5.32 Å². The zero-order valence-corrected chi connectivity index (χ0v) is 14.3. The van der Waals surface area contributed by atoms with E-state index >= 15 is 0 Å². The van der Waals surface area contributed by atoms with Crippen LogP contribution in [0.1, 0.15) is 44.6 Å². The molecule has 0 spiro atoms. The Morgan fingerprint density at radius 2 is 1.90 bits per heavy atom. The fraction of sp³-hybridized carbons (Fsp3) is 0.667. The fourth-order valence-corrected chi connectivity index (χ4v) is 4.66. The Hall–Kier alpha value is -0.240. The van der Waals surface area contributed by atoms with Crippen molar-refractivity contribution < 1.29 is 0 Å². The van der Waals surface area contributed by atoms with E-state index in [0.29, 0.717) is 11.1 Å². The predicted molar refractivity (Wildman–Crippen MR) is 91.2 cm³/mol. The van der Waals surface area contributed by atoms with Gasteiger partial charge in [0.2, 0.25) is 0 Å². The normalized spacial score (nSPS) is 29.0. The minimum Gasteiger partial charge on any atom is -0.313 e. The van der Waals surface area contributed by atoms with E-state index in [1.807, 2.05) is 12.1 Å². The fourth-order valence-electron chi connectivity index (χ4n) is 4.26. The zero-order valence-electron chi connectivity index (χ0n) is 12.7. The van der Waals surface area contributed by atoms with Crippen LogP contribution in [0, 0.1) is 17.8 Å². The molecule has 2 aliphatic carbocycles. The van der Waals surface area contributed by atoms with Crippen molar-refractivity contribution in [3.05, 3.63) is 33.8 Å². The van der Waals surface area contributed by atoms with Crippen molar-refractivity contribution in [1.29, 1.82) is 0 Å². The number of nitrogens with one attached hydrogen (secondary N) is 1. The van der Waals surface area contributed by atoms with Crippen molar-refractivity contribution in [3.63, 3.8) is 0 Å². The first kappa shape index (κ1) is 15.6. The summed E-state index contributed by atoms with van der Waals surface area (Å²) in [4.78, 5) is 0. The van der Waals surface area contributed by atoms with Crippen molar-refractivity contribution in [2.75, 3.05) is 6.54 Å². The van der Waals surface area contributed by atoms with Gasteiger partial charge in [-0.05, 0) is 61.6 Å². The third-order valence-electron chi connectivity index (χ3n) is 5.32. The summed E-state index contributed by atoms with van der Waals surface area (Å²) in [6, 6.07) is 6.58. The number of hydrogen-bond acceptors (Lipinski definition) is 1. The Kier molecular flexibility index (Phi) is 5.14. The largest absolute Gasteiger partial charge is 0.313 e. The molecule has 2 fully saturated rings. The van der Waals surface area contributed by atoms with Crippen LogP contribution in [0.5, 0.6) is 0 Å². The second-order valence-electron chi connectivity index (χ2n) is 6.67. The molecule has 1 nitrogen and oxygen atoms in total. The van der Waals surface area contributed by atoms with Crippen LogP contribution >= 0.6 is 23.2 Å². The van der Waals surface area contributed by atoms with Crippen LogP contribution in [-0.2, 0) is 6.42 Å². The maximum Gasteiger partial charge on any atom is 0.0624 e. The van der Waals surface area contributed by atoms with Gasteiger partial charge >= 0.3 is 0 Å². The van der Waals surface area contributed by atoms with Crippen molar-refractivity contribution in [2.45, 2.75) is 51.5 Å². The van der Waals surface area contributed by atoms with Crippen LogP contribution in [-0.4, -0.2) is 12.6 Å². The lowest BCUT2D eigenvalue weighted by molar-refractivity contribution is 0.428. The van der Waals surface area contributed by atoms with E-state index in [2.05, 4.69) is 18.3 Å². The molecule has 3 unspecified atom stereocenters. The molecule has 0 bridgehead atoms. The molecule has 1 aromatic carbocycles. The van der Waals surface area contributed by atoms with E-state index < -0.39 is 0 Å². The molecule has 3 rings (SSSR count). The first-order valence-corrected chi connectivity index (χ1v) is 9.14. The number of benzene rings is 1. The summed E-state index contributed by atoms with van der Waals surface area (Å²) in [5.74, 6) is 2.78. The zero-order chi connectivity index (χ0) is 14.8. The van der Waals surface area contributed by atoms with Gasteiger partial charge in [-0.2, -0.15) is 0 Å². The average molecular weight is 326 g/mol. The quantitative estimate of drug-likeness (QED) is 0.744. The van der Waals surface area contributed by atoms with Crippen LogP contribution in [0.2, 0.25) is 10.0 Å².